The SMILES string of the molecule is COc1ccc(-c2nc(CN3CCN(C(=O)CSCc4ccc(C#N)cc4)CC3)cs2)cc1. The van der Waals surface area contributed by atoms with Crippen molar-refractivity contribution in [3.8, 4) is 22.4 Å². The summed E-state index contributed by atoms with van der Waals surface area (Å²) in [6.45, 7) is 4.04. The van der Waals surface area contributed by atoms with Crippen LogP contribution in [0, 0.1) is 11.3 Å². The minimum atomic E-state index is 0.198. The average molecular weight is 479 g/mol. The molecule has 1 amide bonds. The molecule has 4 rings (SSSR count). The van der Waals surface area contributed by atoms with E-state index in [9.17, 15) is 4.79 Å². The van der Waals surface area contributed by atoms with Crippen molar-refractivity contribution in [2.75, 3.05) is 39.0 Å². The molecule has 0 unspecified atom stereocenters. The molecular weight excluding hydrogens is 452 g/mol. The number of hydrogen-bond acceptors (Lipinski definition) is 7. The molecule has 0 aliphatic carbocycles. The number of carbonyl (C=O) groups is 1. The topological polar surface area (TPSA) is 69.5 Å². The Morgan fingerprint density at radius 1 is 1.12 bits per heavy atom. The van der Waals surface area contributed by atoms with Crippen LogP contribution in [-0.4, -0.2) is 59.7 Å². The van der Waals surface area contributed by atoms with Gasteiger partial charge in [0.25, 0.3) is 0 Å². The number of aromatic nitrogens is 1. The van der Waals surface area contributed by atoms with E-state index in [0.29, 0.717) is 11.3 Å². The zero-order chi connectivity index (χ0) is 23.0. The van der Waals surface area contributed by atoms with Gasteiger partial charge >= 0.3 is 0 Å². The van der Waals surface area contributed by atoms with Gasteiger partial charge in [0.05, 0.1) is 30.2 Å². The maximum absolute atomic E-state index is 12.6. The van der Waals surface area contributed by atoms with Crippen LogP contribution in [0.4, 0.5) is 0 Å². The summed E-state index contributed by atoms with van der Waals surface area (Å²) in [5.74, 6) is 2.30. The number of carbonyl (C=O) groups excluding carboxylic acids is 1. The lowest BCUT2D eigenvalue weighted by Crippen LogP contribution is -2.48. The third-order valence-electron chi connectivity index (χ3n) is 5.58. The lowest BCUT2D eigenvalue weighted by atomic mass is 10.2. The quantitative estimate of drug-likeness (QED) is 0.482. The summed E-state index contributed by atoms with van der Waals surface area (Å²) in [4.78, 5) is 21.7. The fraction of sp³-hybridized carbons (Fsp3) is 0.320. The maximum atomic E-state index is 12.6. The van der Waals surface area contributed by atoms with E-state index in [1.165, 1.54) is 0 Å². The molecule has 2 aromatic carbocycles. The Balaban J connectivity index is 1.20. The first kappa shape index (κ1) is 23.3. The summed E-state index contributed by atoms with van der Waals surface area (Å²) < 4.78 is 5.22. The van der Waals surface area contributed by atoms with Gasteiger partial charge in [-0.25, -0.2) is 4.98 Å². The Morgan fingerprint density at radius 2 is 1.85 bits per heavy atom. The van der Waals surface area contributed by atoms with E-state index in [2.05, 4.69) is 16.3 Å². The molecule has 0 bridgehead atoms. The van der Waals surface area contributed by atoms with Gasteiger partial charge in [-0.2, -0.15) is 5.26 Å². The summed E-state index contributed by atoms with van der Waals surface area (Å²) in [5, 5.41) is 12.0. The molecule has 1 aromatic heterocycles. The van der Waals surface area contributed by atoms with Gasteiger partial charge in [-0.15, -0.1) is 23.1 Å². The number of thiazole rings is 1. The zero-order valence-corrected chi connectivity index (χ0v) is 20.2. The number of methoxy groups -OCH3 is 1. The summed E-state index contributed by atoms with van der Waals surface area (Å²) in [7, 11) is 1.67. The number of nitrogens with zero attached hydrogens (tertiary/aromatic N) is 4. The van der Waals surface area contributed by atoms with E-state index in [1.807, 2.05) is 53.4 Å². The first-order valence-electron chi connectivity index (χ1n) is 10.8. The molecule has 0 atom stereocenters. The van der Waals surface area contributed by atoms with Crippen LogP contribution in [0.5, 0.6) is 5.75 Å². The molecule has 1 aliphatic rings. The molecule has 0 saturated carbocycles. The number of rotatable bonds is 8. The van der Waals surface area contributed by atoms with E-state index in [0.717, 1.165) is 66.1 Å². The van der Waals surface area contributed by atoms with Gasteiger partial charge in [0.15, 0.2) is 0 Å². The van der Waals surface area contributed by atoms with Gasteiger partial charge < -0.3 is 9.64 Å². The highest BCUT2D eigenvalue weighted by molar-refractivity contribution is 7.99. The highest BCUT2D eigenvalue weighted by Gasteiger charge is 2.21. The van der Waals surface area contributed by atoms with Crippen molar-refractivity contribution < 1.29 is 9.53 Å². The maximum Gasteiger partial charge on any atom is 0.232 e. The van der Waals surface area contributed by atoms with Crippen molar-refractivity contribution in [1.29, 1.82) is 5.26 Å². The lowest BCUT2D eigenvalue weighted by Gasteiger charge is -2.34. The van der Waals surface area contributed by atoms with Crippen LogP contribution in [0.15, 0.2) is 53.9 Å². The highest BCUT2D eigenvalue weighted by atomic mass is 32.2. The number of benzene rings is 2. The smallest absolute Gasteiger partial charge is 0.232 e. The Labute approximate surface area is 202 Å². The monoisotopic (exact) mass is 478 g/mol. The van der Waals surface area contributed by atoms with E-state index in [1.54, 1.807) is 30.2 Å². The summed E-state index contributed by atoms with van der Waals surface area (Å²) in [6.07, 6.45) is 0. The molecule has 8 heteroatoms. The van der Waals surface area contributed by atoms with Crippen molar-refractivity contribution in [2.24, 2.45) is 0 Å². The van der Waals surface area contributed by atoms with Crippen LogP contribution in [0.1, 0.15) is 16.8 Å². The van der Waals surface area contributed by atoms with Crippen LogP contribution in [0.3, 0.4) is 0 Å². The molecule has 33 heavy (non-hydrogen) atoms. The van der Waals surface area contributed by atoms with Crippen LogP contribution < -0.4 is 4.74 Å². The van der Waals surface area contributed by atoms with E-state index >= 15 is 0 Å². The molecule has 1 fully saturated rings. The molecule has 0 N–H and O–H groups in total. The van der Waals surface area contributed by atoms with Crippen molar-refractivity contribution in [2.45, 2.75) is 12.3 Å². The van der Waals surface area contributed by atoms with Gasteiger partial charge in [-0.3, -0.25) is 9.69 Å². The number of nitriles is 1. The molecule has 3 aromatic rings. The molecule has 2 heterocycles. The molecule has 1 aliphatic heterocycles. The average Bonchev–Trinajstić information content (AvgIpc) is 3.33. The highest BCUT2D eigenvalue weighted by Crippen LogP contribution is 2.26. The van der Waals surface area contributed by atoms with Crippen molar-refractivity contribution in [3.05, 3.63) is 70.7 Å². The Bertz CT molecular complexity index is 1100. The fourth-order valence-electron chi connectivity index (χ4n) is 3.65. The van der Waals surface area contributed by atoms with Crippen molar-refractivity contribution >= 4 is 29.0 Å². The largest absolute Gasteiger partial charge is 0.497 e. The predicted octanol–water partition coefficient (Wildman–Crippen LogP) is 4.27. The second kappa shape index (κ2) is 11.3. The molecule has 0 spiro atoms. The standard InChI is InChI=1S/C25H26N4O2S2/c1-31-23-8-6-21(7-9-23)25-27-22(17-33-25)15-28-10-12-29(13-11-28)24(30)18-32-16-20-4-2-19(14-26)3-5-20/h2-9,17H,10-13,15-16,18H2,1H3. The number of hydrogen-bond donors (Lipinski definition) is 0. The molecule has 1 saturated heterocycles. The normalized spacial score (nSPS) is 14.1. The van der Waals surface area contributed by atoms with Crippen molar-refractivity contribution in [1.82, 2.24) is 14.8 Å². The van der Waals surface area contributed by atoms with E-state index in [-0.39, 0.29) is 5.91 Å². The number of piperazine rings is 1. The summed E-state index contributed by atoms with van der Waals surface area (Å²) >= 11 is 3.28. The van der Waals surface area contributed by atoms with Gasteiger partial charge in [-0.1, -0.05) is 12.1 Å². The number of ether oxygens (including phenoxy) is 1. The van der Waals surface area contributed by atoms with Crippen LogP contribution in [0.2, 0.25) is 0 Å². The molecule has 0 radical (unpaired) electrons. The first-order valence-corrected chi connectivity index (χ1v) is 12.8. The Hall–Kier alpha value is -2.86. The lowest BCUT2D eigenvalue weighted by molar-refractivity contribution is -0.130. The minimum absolute atomic E-state index is 0.198. The molecule has 170 valence electrons. The molecule has 6 nitrogen and oxygen atoms in total. The van der Waals surface area contributed by atoms with Gasteiger partial charge in [0.2, 0.25) is 5.91 Å². The summed E-state index contributed by atoms with van der Waals surface area (Å²) in [6, 6.07) is 17.6. The fourth-order valence-corrected chi connectivity index (χ4v) is 5.36. The van der Waals surface area contributed by atoms with E-state index < -0.39 is 0 Å². The third-order valence-corrected chi connectivity index (χ3v) is 7.51. The van der Waals surface area contributed by atoms with Gasteiger partial charge in [0, 0.05) is 49.4 Å². The number of thioether (sulfide) groups is 1. The summed E-state index contributed by atoms with van der Waals surface area (Å²) in [5.41, 5.74) is 3.96. The Kier molecular flexibility index (Phi) is 8.00. The van der Waals surface area contributed by atoms with Crippen molar-refractivity contribution in [3.63, 3.8) is 0 Å². The Morgan fingerprint density at radius 3 is 2.52 bits per heavy atom. The second-order valence-electron chi connectivity index (χ2n) is 7.83. The minimum Gasteiger partial charge on any atom is -0.497 e. The predicted molar refractivity (Wildman–Crippen MR) is 133 cm³/mol. The van der Waals surface area contributed by atoms with E-state index in [4.69, 9.17) is 15.0 Å². The van der Waals surface area contributed by atoms with Gasteiger partial charge in [0.1, 0.15) is 10.8 Å². The zero-order valence-electron chi connectivity index (χ0n) is 18.6. The van der Waals surface area contributed by atoms with Crippen LogP contribution >= 0.6 is 23.1 Å². The first-order chi connectivity index (χ1) is 16.1. The van der Waals surface area contributed by atoms with Crippen LogP contribution in [-0.2, 0) is 17.1 Å². The number of amides is 1. The van der Waals surface area contributed by atoms with Crippen LogP contribution in [0.25, 0.3) is 10.6 Å². The molecular formula is C25H26N4O2S2. The third kappa shape index (κ3) is 6.35. The van der Waals surface area contributed by atoms with Gasteiger partial charge in [-0.05, 0) is 42.0 Å². The second-order valence-corrected chi connectivity index (χ2v) is 9.67.